The Kier molecular flexibility index (Phi) is 5.42. The van der Waals surface area contributed by atoms with Crippen LogP contribution in [0.4, 0.5) is 0 Å². The lowest BCUT2D eigenvalue weighted by molar-refractivity contribution is 0.591. The van der Waals surface area contributed by atoms with Crippen molar-refractivity contribution in [1.82, 2.24) is 0 Å². The Morgan fingerprint density at radius 1 is 1.33 bits per heavy atom. The molecule has 0 saturated heterocycles. The van der Waals surface area contributed by atoms with E-state index in [0.29, 0.717) is 5.92 Å². The minimum atomic E-state index is -0.833. The standard InChI is InChI=1S/C12H18ClOP/c1-10(2)8-9-15(13)14-12-7-5-4-6-11(12)3/h4-7,10H,8-9H2,1-3H3. The van der Waals surface area contributed by atoms with Crippen molar-refractivity contribution in [3.8, 4) is 5.75 Å². The Labute approximate surface area is 98.4 Å². The molecule has 0 saturated carbocycles. The molecule has 0 aliphatic rings. The largest absolute Gasteiger partial charge is 0.457 e. The maximum absolute atomic E-state index is 6.17. The maximum atomic E-state index is 6.17. The lowest BCUT2D eigenvalue weighted by atomic mass is 10.2. The molecule has 1 nitrogen and oxygen atoms in total. The topological polar surface area (TPSA) is 9.23 Å². The van der Waals surface area contributed by atoms with Gasteiger partial charge >= 0.3 is 0 Å². The Bertz CT molecular complexity index is 301. The summed E-state index contributed by atoms with van der Waals surface area (Å²) in [6.07, 6.45) is 2.09. The van der Waals surface area contributed by atoms with Crippen molar-refractivity contribution in [3.05, 3.63) is 29.8 Å². The molecule has 1 atom stereocenters. The summed E-state index contributed by atoms with van der Waals surface area (Å²) in [5.74, 6) is 1.61. The SMILES string of the molecule is Cc1ccccc1OP(Cl)CCC(C)C. The molecule has 0 aromatic heterocycles. The third-order valence-electron chi connectivity index (χ3n) is 2.17. The summed E-state index contributed by atoms with van der Waals surface area (Å²) in [5.41, 5.74) is 1.15. The summed E-state index contributed by atoms with van der Waals surface area (Å²) in [6.45, 7) is 6.44. The lowest BCUT2D eigenvalue weighted by Crippen LogP contribution is -1.94. The highest BCUT2D eigenvalue weighted by Crippen LogP contribution is 2.44. The lowest BCUT2D eigenvalue weighted by Gasteiger charge is -2.14. The van der Waals surface area contributed by atoms with E-state index in [1.165, 1.54) is 0 Å². The van der Waals surface area contributed by atoms with E-state index in [1.807, 2.05) is 31.2 Å². The molecule has 1 rings (SSSR count). The average Bonchev–Trinajstić information content (AvgIpc) is 2.18. The molecule has 0 aliphatic heterocycles. The molecular weight excluding hydrogens is 227 g/mol. The van der Waals surface area contributed by atoms with Crippen molar-refractivity contribution in [2.24, 2.45) is 5.92 Å². The zero-order valence-corrected chi connectivity index (χ0v) is 11.2. The normalized spacial score (nSPS) is 12.9. The Morgan fingerprint density at radius 3 is 2.60 bits per heavy atom. The van der Waals surface area contributed by atoms with Crippen molar-refractivity contribution in [2.45, 2.75) is 27.2 Å². The van der Waals surface area contributed by atoms with Gasteiger partial charge in [0.25, 0.3) is 0 Å². The van der Waals surface area contributed by atoms with Crippen LogP contribution in [0.5, 0.6) is 5.75 Å². The second kappa shape index (κ2) is 6.35. The summed E-state index contributed by atoms with van der Waals surface area (Å²) in [5, 5.41) is 0. The second-order valence-corrected chi connectivity index (χ2v) is 6.48. The first-order valence-electron chi connectivity index (χ1n) is 5.26. The van der Waals surface area contributed by atoms with Crippen LogP contribution >= 0.6 is 18.7 Å². The summed E-state index contributed by atoms with van der Waals surface area (Å²) < 4.78 is 5.73. The van der Waals surface area contributed by atoms with Gasteiger partial charge in [-0.3, -0.25) is 0 Å². The van der Waals surface area contributed by atoms with E-state index >= 15 is 0 Å². The number of benzene rings is 1. The Hall–Kier alpha value is -0.260. The highest BCUT2D eigenvalue weighted by atomic mass is 35.7. The van der Waals surface area contributed by atoms with Gasteiger partial charge in [0.15, 0.2) is 7.50 Å². The number of hydrogen-bond donors (Lipinski definition) is 0. The van der Waals surface area contributed by atoms with Gasteiger partial charge in [0, 0.05) is 6.16 Å². The van der Waals surface area contributed by atoms with Crippen molar-refractivity contribution < 1.29 is 4.52 Å². The summed E-state index contributed by atoms with van der Waals surface area (Å²) >= 11 is 6.17. The summed E-state index contributed by atoms with van der Waals surface area (Å²) in [4.78, 5) is 0. The molecule has 1 aromatic carbocycles. The minimum Gasteiger partial charge on any atom is -0.457 e. The van der Waals surface area contributed by atoms with Crippen LogP contribution in [-0.2, 0) is 0 Å². The monoisotopic (exact) mass is 244 g/mol. The predicted molar refractivity (Wildman–Crippen MR) is 68.9 cm³/mol. The van der Waals surface area contributed by atoms with E-state index in [9.17, 15) is 0 Å². The fourth-order valence-electron chi connectivity index (χ4n) is 1.17. The molecule has 0 spiro atoms. The zero-order valence-electron chi connectivity index (χ0n) is 9.53. The average molecular weight is 245 g/mol. The first-order valence-corrected chi connectivity index (χ1v) is 7.61. The van der Waals surface area contributed by atoms with Crippen LogP contribution in [0.15, 0.2) is 24.3 Å². The van der Waals surface area contributed by atoms with E-state index in [1.54, 1.807) is 0 Å². The quantitative estimate of drug-likeness (QED) is 0.665. The molecule has 0 N–H and O–H groups in total. The Balaban J connectivity index is 2.44. The van der Waals surface area contributed by atoms with E-state index in [-0.39, 0.29) is 0 Å². The van der Waals surface area contributed by atoms with Crippen molar-refractivity contribution >= 4 is 18.7 Å². The fraction of sp³-hybridized carbons (Fsp3) is 0.500. The molecule has 3 heteroatoms. The molecule has 84 valence electrons. The van der Waals surface area contributed by atoms with Gasteiger partial charge in [-0.05, 0) is 42.1 Å². The fourth-order valence-corrected chi connectivity index (χ4v) is 2.92. The molecule has 0 radical (unpaired) electrons. The highest BCUT2D eigenvalue weighted by Gasteiger charge is 2.09. The third-order valence-corrected chi connectivity index (χ3v) is 3.89. The number of rotatable bonds is 5. The first-order chi connectivity index (χ1) is 7.09. The third kappa shape index (κ3) is 4.86. The molecule has 0 heterocycles. The minimum absolute atomic E-state index is 0.689. The van der Waals surface area contributed by atoms with Crippen molar-refractivity contribution in [2.75, 3.05) is 6.16 Å². The van der Waals surface area contributed by atoms with Gasteiger partial charge in [-0.25, -0.2) is 0 Å². The molecule has 0 fully saturated rings. The van der Waals surface area contributed by atoms with E-state index in [2.05, 4.69) is 13.8 Å². The number of halogens is 1. The van der Waals surface area contributed by atoms with Gasteiger partial charge in [-0.15, -0.1) is 0 Å². The second-order valence-electron chi connectivity index (χ2n) is 4.08. The van der Waals surface area contributed by atoms with Crippen LogP contribution in [0, 0.1) is 12.8 Å². The molecule has 15 heavy (non-hydrogen) atoms. The molecule has 0 aliphatic carbocycles. The van der Waals surface area contributed by atoms with Gasteiger partial charge < -0.3 is 4.52 Å². The van der Waals surface area contributed by atoms with E-state index < -0.39 is 7.50 Å². The van der Waals surface area contributed by atoms with Crippen LogP contribution in [-0.4, -0.2) is 6.16 Å². The van der Waals surface area contributed by atoms with Crippen LogP contribution < -0.4 is 4.52 Å². The van der Waals surface area contributed by atoms with E-state index in [4.69, 9.17) is 15.8 Å². The summed E-state index contributed by atoms with van der Waals surface area (Å²) in [7, 11) is -0.833. The van der Waals surface area contributed by atoms with Gasteiger partial charge in [0.05, 0.1) is 0 Å². The van der Waals surface area contributed by atoms with Gasteiger partial charge in [0.1, 0.15) is 5.75 Å². The van der Waals surface area contributed by atoms with Crippen LogP contribution in [0.1, 0.15) is 25.8 Å². The zero-order chi connectivity index (χ0) is 11.3. The van der Waals surface area contributed by atoms with Crippen LogP contribution in [0.25, 0.3) is 0 Å². The molecule has 1 aromatic rings. The molecule has 1 unspecified atom stereocenters. The van der Waals surface area contributed by atoms with Crippen LogP contribution in [0.2, 0.25) is 0 Å². The number of aryl methyl sites for hydroxylation is 1. The maximum Gasteiger partial charge on any atom is 0.182 e. The van der Waals surface area contributed by atoms with Gasteiger partial charge in [0.2, 0.25) is 0 Å². The molecule has 0 bridgehead atoms. The van der Waals surface area contributed by atoms with Crippen LogP contribution in [0.3, 0.4) is 0 Å². The van der Waals surface area contributed by atoms with E-state index in [0.717, 1.165) is 23.9 Å². The van der Waals surface area contributed by atoms with Gasteiger partial charge in [-0.1, -0.05) is 32.0 Å². The molecule has 0 amide bonds. The van der Waals surface area contributed by atoms with Gasteiger partial charge in [-0.2, -0.15) is 0 Å². The summed E-state index contributed by atoms with van der Waals surface area (Å²) in [6, 6.07) is 8.00. The number of hydrogen-bond acceptors (Lipinski definition) is 1. The highest BCUT2D eigenvalue weighted by molar-refractivity contribution is 7.80. The number of para-hydroxylation sites is 1. The van der Waals surface area contributed by atoms with Crippen molar-refractivity contribution in [1.29, 1.82) is 0 Å². The molecular formula is C12H18ClOP. The smallest absolute Gasteiger partial charge is 0.182 e. The Morgan fingerprint density at radius 2 is 2.00 bits per heavy atom. The predicted octanol–water partition coefficient (Wildman–Crippen LogP) is 4.97. The first kappa shape index (κ1) is 12.8. The van der Waals surface area contributed by atoms with Crippen molar-refractivity contribution in [3.63, 3.8) is 0 Å².